The molecule has 0 radical (unpaired) electrons. The Kier molecular flexibility index (Phi) is 5.94. The quantitative estimate of drug-likeness (QED) is 0.390. The average Bonchev–Trinajstić information content (AvgIpc) is 3.11. The summed E-state index contributed by atoms with van der Waals surface area (Å²) in [4.78, 5) is 10.4. The lowest BCUT2D eigenvalue weighted by molar-refractivity contribution is 0.199. The zero-order chi connectivity index (χ0) is 22.9. The second-order valence-corrected chi connectivity index (χ2v) is 8.96. The summed E-state index contributed by atoms with van der Waals surface area (Å²) in [5, 5.41) is 0.942. The summed E-state index contributed by atoms with van der Waals surface area (Å²) in [5.41, 5.74) is 5.02. The molecule has 6 heteroatoms. The number of pyridine rings is 1. The molecule has 1 saturated heterocycles. The second-order valence-electron chi connectivity index (χ2n) is 8.96. The molecule has 1 aliphatic heterocycles. The lowest BCUT2D eigenvalue weighted by atomic mass is 9.93. The highest BCUT2D eigenvalue weighted by Crippen LogP contribution is 2.30. The predicted octanol–water partition coefficient (Wildman–Crippen LogP) is 6.26. The molecule has 0 spiro atoms. The minimum absolute atomic E-state index is 0.0708. The first kappa shape index (κ1) is 21.7. The summed E-state index contributed by atoms with van der Waals surface area (Å²) >= 11 is 0. The number of rotatable bonds is 5. The van der Waals surface area contributed by atoms with Gasteiger partial charge in [-0.1, -0.05) is 12.1 Å². The number of likely N-dealkylation sites (tertiary alicyclic amines) is 1. The molecule has 2 aromatic carbocycles. The number of aromatic amines is 1. The number of hydrogen-bond donors (Lipinski definition) is 1. The van der Waals surface area contributed by atoms with Crippen LogP contribution in [0, 0.1) is 24.4 Å². The first-order valence-electron chi connectivity index (χ1n) is 11.3. The number of H-pyrrole nitrogens is 1. The van der Waals surface area contributed by atoms with Crippen molar-refractivity contribution in [2.24, 2.45) is 0 Å². The van der Waals surface area contributed by atoms with E-state index in [9.17, 15) is 13.2 Å². The fourth-order valence-corrected chi connectivity index (χ4v) is 4.91. The Hall–Kier alpha value is -3.12. The van der Waals surface area contributed by atoms with Crippen molar-refractivity contribution < 1.29 is 13.2 Å². The molecule has 1 fully saturated rings. The smallest absolute Gasteiger partial charge is 0.129 e. The van der Waals surface area contributed by atoms with E-state index in [4.69, 9.17) is 0 Å². The van der Waals surface area contributed by atoms with Crippen molar-refractivity contribution in [2.45, 2.75) is 38.6 Å². The minimum atomic E-state index is -0.533. The van der Waals surface area contributed by atoms with Crippen LogP contribution in [0.4, 0.5) is 13.2 Å². The number of aromatic nitrogens is 2. The molecule has 0 unspecified atom stereocenters. The van der Waals surface area contributed by atoms with Crippen LogP contribution in [0.25, 0.3) is 10.9 Å². The third kappa shape index (κ3) is 4.53. The summed E-state index contributed by atoms with van der Waals surface area (Å²) < 4.78 is 41.8. The molecule has 33 heavy (non-hydrogen) atoms. The lowest BCUT2D eigenvalue weighted by Crippen LogP contribution is -2.34. The molecule has 2 aromatic heterocycles. The zero-order valence-electron chi connectivity index (χ0n) is 18.5. The summed E-state index contributed by atoms with van der Waals surface area (Å²) in [5.74, 6) is -0.997. The molecule has 4 aromatic rings. The normalized spacial score (nSPS) is 17.0. The van der Waals surface area contributed by atoms with Crippen LogP contribution in [0.5, 0.6) is 0 Å². The van der Waals surface area contributed by atoms with Gasteiger partial charge in [-0.05, 0) is 73.8 Å². The van der Waals surface area contributed by atoms with E-state index in [0.717, 1.165) is 65.9 Å². The fourth-order valence-electron chi connectivity index (χ4n) is 4.91. The molecule has 3 nitrogen and oxygen atoms in total. The Morgan fingerprint density at radius 1 is 1.03 bits per heavy atom. The number of nitrogens with zero attached hydrogens (tertiary/aromatic N) is 2. The molecule has 0 aliphatic carbocycles. The van der Waals surface area contributed by atoms with Gasteiger partial charge in [0.25, 0.3) is 0 Å². The van der Waals surface area contributed by atoms with Crippen molar-refractivity contribution in [2.75, 3.05) is 13.1 Å². The molecule has 170 valence electrons. The Balaban J connectivity index is 1.29. The maximum absolute atomic E-state index is 14.0. The van der Waals surface area contributed by atoms with E-state index in [0.29, 0.717) is 5.92 Å². The standard InChI is InChI=1S/C27H26F3N3/c1-17-23(21-13-20(28)8-10-27(21)32-17)16-33-11-3-4-19(15-33)26-9-7-18(14-31-26)12-22-24(29)5-2-6-25(22)30/h2,5-10,13-14,19,32H,3-4,11-12,15-16H2,1H3/t19-/m1/s1. The van der Waals surface area contributed by atoms with E-state index in [-0.39, 0.29) is 17.8 Å². The summed E-state index contributed by atoms with van der Waals surface area (Å²) in [7, 11) is 0. The van der Waals surface area contributed by atoms with Crippen LogP contribution in [0.3, 0.4) is 0 Å². The van der Waals surface area contributed by atoms with Gasteiger partial charge >= 0.3 is 0 Å². The second kappa shape index (κ2) is 9.02. The Morgan fingerprint density at radius 2 is 1.85 bits per heavy atom. The zero-order valence-corrected chi connectivity index (χ0v) is 18.5. The first-order chi connectivity index (χ1) is 16.0. The third-order valence-corrected chi connectivity index (χ3v) is 6.68. The largest absolute Gasteiger partial charge is 0.358 e. The fraction of sp³-hybridized carbons (Fsp3) is 0.296. The van der Waals surface area contributed by atoms with Gasteiger partial charge in [-0.25, -0.2) is 13.2 Å². The predicted molar refractivity (Wildman–Crippen MR) is 124 cm³/mol. The van der Waals surface area contributed by atoms with Crippen molar-refractivity contribution in [1.82, 2.24) is 14.9 Å². The van der Waals surface area contributed by atoms with Crippen molar-refractivity contribution in [3.8, 4) is 0 Å². The van der Waals surface area contributed by atoms with Crippen LogP contribution in [-0.4, -0.2) is 28.0 Å². The summed E-state index contributed by atoms with van der Waals surface area (Å²) in [6, 6.07) is 12.7. The van der Waals surface area contributed by atoms with Crippen LogP contribution in [0.2, 0.25) is 0 Å². The molecule has 0 saturated carbocycles. The van der Waals surface area contributed by atoms with Crippen LogP contribution in [-0.2, 0) is 13.0 Å². The molecular formula is C27H26F3N3. The van der Waals surface area contributed by atoms with Crippen LogP contribution in [0.1, 0.15) is 46.8 Å². The number of benzene rings is 2. The van der Waals surface area contributed by atoms with Gasteiger partial charge in [-0.15, -0.1) is 0 Å². The molecule has 1 atom stereocenters. The first-order valence-corrected chi connectivity index (χ1v) is 11.3. The Labute approximate surface area is 191 Å². The number of nitrogens with one attached hydrogen (secondary N) is 1. The molecule has 1 aliphatic rings. The van der Waals surface area contributed by atoms with Gasteiger partial charge in [0.05, 0.1) is 0 Å². The monoisotopic (exact) mass is 449 g/mol. The lowest BCUT2D eigenvalue weighted by Gasteiger charge is -2.32. The molecule has 1 N–H and O–H groups in total. The number of piperidine rings is 1. The van der Waals surface area contributed by atoms with Gasteiger partial charge in [0.1, 0.15) is 17.5 Å². The number of hydrogen-bond acceptors (Lipinski definition) is 2. The van der Waals surface area contributed by atoms with Crippen molar-refractivity contribution in [3.63, 3.8) is 0 Å². The van der Waals surface area contributed by atoms with Crippen LogP contribution >= 0.6 is 0 Å². The van der Waals surface area contributed by atoms with Gasteiger partial charge in [-0.3, -0.25) is 9.88 Å². The van der Waals surface area contributed by atoms with E-state index in [2.05, 4.69) is 14.9 Å². The highest BCUT2D eigenvalue weighted by atomic mass is 19.1. The van der Waals surface area contributed by atoms with E-state index < -0.39 is 11.6 Å². The van der Waals surface area contributed by atoms with Gasteiger partial charge in [0.2, 0.25) is 0 Å². The van der Waals surface area contributed by atoms with E-state index in [1.807, 2.05) is 19.1 Å². The molecule has 5 rings (SSSR count). The SMILES string of the molecule is Cc1[nH]c2ccc(F)cc2c1CN1CCC[C@@H](c2ccc(Cc3c(F)cccc3F)cn2)C1. The highest BCUT2D eigenvalue weighted by Gasteiger charge is 2.24. The van der Waals surface area contributed by atoms with Crippen LogP contribution < -0.4 is 0 Å². The Morgan fingerprint density at radius 3 is 2.61 bits per heavy atom. The van der Waals surface area contributed by atoms with E-state index in [1.165, 1.54) is 24.3 Å². The van der Waals surface area contributed by atoms with Gasteiger partial charge in [0, 0.05) is 59.5 Å². The van der Waals surface area contributed by atoms with Gasteiger partial charge in [-0.2, -0.15) is 0 Å². The Bertz CT molecular complexity index is 1260. The molecule has 0 amide bonds. The summed E-state index contributed by atoms with van der Waals surface area (Å²) in [6.45, 7) is 4.65. The van der Waals surface area contributed by atoms with Crippen molar-refractivity contribution in [1.29, 1.82) is 0 Å². The maximum Gasteiger partial charge on any atom is 0.129 e. The molecule has 0 bridgehead atoms. The maximum atomic E-state index is 14.0. The summed E-state index contributed by atoms with van der Waals surface area (Å²) in [6.07, 6.45) is 4.02. The third-order valence-electron chi connectivity index (χ3n) is 6.68. The van der Waals surface area contributed by atoms with Gasteiger partial charge in [0.15, 0.2) is 0 Å². The van der Waals surface area contributed by atoms with E-state index >= 15 is 0 Å². The minimum Gasteiger partial charge on any atom is -0.358 e. The van der Waals surface area contributed by atoms with Gasteiger partial charge < -0.3 is 4.98 Å². The average molecular weight is 450 g/mol. The topological polar surface area (TPSA) is 31.9 Å². The number of fused-ring (bicyclic) bond motifs is 1. The highest BCUT2D eigenvalue weighted by molar-refractivity contribution is 5.84. The molecular weight excluding hydrogens is 423 g/mol. The van der Waals surface area contributed by atoms with Crippen LogP contribution in [0.15, 0.2) is 54.7 Å². The van der Waals surface area contributed by atoms with Crippen molar-refractivity contribution in [3.05, 3.63) is 100 Å². The number of aryl methyl sites for hydroxylation is 1. The molecule has 3 heterocycles. The van der Waals surface area contributed by atoms with E-state index in [1.54, 1.807) is 18.3 Å². The number of halogens is 3. The van der Waals surface area contributed by atoms with Crippen molar-refractivity contribution >= 4 is 10.9 Å².